The average molecular weight is 304 g/mol. The second-order valence-electron chi connectivity index (χ2n) is 5.15. The molecular weight excluding hydrogens is 288 g/mol. The van der Waals surface area contributed by atoms with Crippen molar-refractivity contribution in [2.45, 2.75) is 6.54 Å². The van der Waals surface area contributed by atoms with Gasteiger partial charge >= 0.3 is 5.97 Å². The summed E-state index contributed by atoms with van der Waals surface area (Å²) in [4.78, 5) is 15.5. The Kier molecular flexibility index (Phi) is 4.34. The SMILES string of the molecule is O=C(O)c1ccc(NCc2cccnc2)cc1-c1ccccc1. The molecule has 0 bridgehead atoms. The summed E-state index contributed by atoms with van der Waals surface area (Å²) in [5, 5.41) is 12.7. The van der Waals surface area contributed by atoms with Crippen LogP contribution in [-0.4, -0.2) is 16.1 Å². The third-order valence-corrected chi connectivity index (χ3v) is 3.55. The van der Waals surface area contributed by atoms with Crippen molar-refractivity contribution in [3.8, 4) is 11.1 Å². The van der Waals surface area contributed by atoms with E-state index in [-0.39, 0.29) is 0 Å². The quantitative estimate of drug-likeness (QED) is 0.746. The van der Waals surface area contributed by atoms with Gasteiger partial charge in [-0.05, 0) is 41.0 Å². The molecule has 0 saturated heterocycles. The molecule has 0 saturated carbocycles. The van der Waals surface area contributed by atoms with Crippen LogP contribution in [0.2, 0.25) is 0 Å². The molecule has 0 aliphatic carbocycles. The van der Waals surface area contributed by atoms with Gasteiger partial charge in [0, 0.05) is 24.6 Å². The summed E-state index contributed by atoms with van der Waals surface area (Å²) in [6.45, 7) is 0.633. The standard InChI is InChI=1S/C19H16N2O2/c22-19(23)17-9-8-16(21-13-14-5-4-10-20-12-14)11-18(17)15-6-2-1-3-7-15/h1-12,21H,13H2,(H,22,23). The first-order valence-electron chi connectivity index (χ1n) is 7.29. The first kappa shape index (κ1) is 14.8. The Balaban J connectivity index is 1.90. The second-order valence-corrected chi connectivity index (χ2v) is 5.15. The number of anilines is 1. The predicted octanol–water partition coefficient (Wildman–Crippen LogP) is 4.06. The molecule has 4 heteroatoms. The summed E-state index contributed by atoms with van der Waals surface area (Å²) in [7, 11) is 0. The first-order valence-corrected chi connectivity index (χ1v) is 7.29. The molecule has 0 unspecified atom stereocenters. The third-order valence-electron chi connectivity index (χ3n) is 3.55. The highest BCUT2D eigenvalue weighted by Crippen LogP contribution is 2.27. The van der Waals surface area contributed by atoms with Gasteiger partial charge in [-0.15, -0.1) is 0 Å². The number of pyridine rings is 1. The van der Waals surface area contributed by atoms with Crippen LogP contribution in [0.1, 0.15) is 15.9 Å². The van der Waals surface area contributed by atoms with E-state index in [1.54, 1.807) is 24.5 Å². The Morgan fingerprint density at radius 3 is 2.57 bits per heavy atom. The zero-order valence-electron chi connectivity index (χ0n) is 12.4. The molecule has 1 aromatic heterocycles. The van der Waals surface area contributed by atoms with Gasteiger partial charge in [-0.1, -0.05) is 36.4 Å². The van der Waals surface area contributed by atoms with Gasteiger partial charge in [0.15, 0.2) is 0 Å². The maximum absolute atomic E-state index is 11.5. The van der Waals surface area contributed by atoms with Crippen molar-refractivity contribution in [3.63, 3.8) is 0 Å². The molecule has 4 nitrogen and oxygen atoms in total. The number of benzene rings is 2. The smallest absolute Gasteiger partial charge is 0.336 e. The number of carboxylic acid groups (broad SMARTS) is 1. The van der Waals surface area contributed by atoms with Gasteiger partial charge in [-0.3, -0.25) is 4.98 Å². The lowest BCUT2D eigenvalue weighted by atomic mass is 9.99. The van der Waals surface area contributed by atoms with Crippen molar-refractivity contribution < 1.29 is 9.90 Å². The number of nitrogens with one attached hydrogen (secondary N) is 1. The van der Waals surface area contributed by atoms with E-state index in [2.05, 4.69) is 10.3 Å². The number of hydrogen-bond acceptors (Lipinski definition) is 3. The Hall–Kier alpha value is -3.14. The van der Waals surface area contributed by atoms with Crippen molar-refractivity contribution in [1.29, 1.82) is 0 Å². The Labute approximate surface area is 134 Å². The van der Waals surface area contributed by atoms with E-state index in [1.165, 1.54) is 0 Å². The van der Waals surface area contributed by atoms with Crippen LogP contribution in [0.5, 0.6) is 0 Å². The second kappa shape index (κ2) is 6.75. The molecule has 0 aliphatic rings. The zero-order valence-corrected chi connectivity index (χ0v) is 12.4. The minimum Gasteiger partial charge on any atom is -0.478 e. The summed E-state index contributed by atoms with van der Waals surface area (Å²) in [5.41, 5.74) is 3.82. The van der Waals surface area contributed by atoms with Crippen molar-refractivity contribution in [1.82, 2.24) is 4.98 Å². The normalized spacial score (nSPS) is 10.3. The lowest BCUT2D eigenvalue weighted by molar-refractivity contribution is 0.0698. The number of rotatable bonds is 5. The van der Waals surface area contributed by atoms with E-state index in [1.807, 2.05) is 48.5 Å². The minimum absolute atomic E-state index is 0.295. The van der Waals surface area contributed by atoms with Crippen LogP contribution >= 0.6 is 0 Å². The van der Waals surface area contributed by atoms with Crippen molar-refractivity contribution in [2.75, 3.05) is 5.32 Å². The lowest BCUT2D eigenvalue weighted by Crippen LogP contribution is -2.03. The van der Waals surface area contributed by atoms with E-state index in [4.69, 9.17) is 0 Å². The van der Waals surface area contributed by atoms with Gasteiger partial charge in [0.25, 0.3) is 0 Å². The number of hydrogen-bond donors (Lipinski definition) is 2. The molecule has 0 spiro atoms. The molecule has 23 heavy (non-hydrogen) atoms. The van der Waals surface area contributed by atoms with Gasteiger partial charge in [0.2, 0.25) is 0 Å². The molecule has 114 valence electrons. The highest BCUT2D eigenvalue weighted by atomic mass is 16.4. The third kappa shape index (κ3) is 3.55. The number of aromatic nitrogens is 1. The minimum atomic E-state index is -0.928. The molecule has 0 fully saturated rings. The molecular formula is C19H16N2O2. The Morgan fingerprint density at radius 2 is 1.87 bits per heavy atom. The molecule has 3 rings (SSSR count). The van der Waals surface area contributed by atoms with Gasteiger partial charge in [0.05, 0.1) is 5.56 Å². The van der Waals surface area contributed by atoms with Crippen LogP contribution in [-0.2, 0) is 6.54 Å². The molecule has 2 aromatic carbocycles. The average Bonchev–Trinajstić information content (AvgIpc) is 2.61. The highest BCUT2D eigenvalue weighted by Gasteiger charge is 2.12. The van der Waals surface area contributed by atoms with Gasteiger partial charge in [-0.2, -0.15) is 0 Å². The summed E-state index contributed by atoms with van der Waals surface area (Å²) in [6.07, 6.45) is 3.54. The summed E-state index contributed by atoms with van der Waals surface area (Å²) < 4.78 is 0. The maximum Gasteiger partial charge on any atom is 0.336 e. The van der Waals surface area contributed by atoms with Crippen molar-refractivity contribution >= 4 is 11.7 Å². The van der Waals surface area contributed by atoms with Gasteiger partial charge in [0.1, 0.15) is 0 Å². The van der Waals surface area contributed by atoms with Crippen LogP contribution < -0.4 is 5.32 Å². The lowest BCUT2D eigenvalue weighted by Gasteiger charge is -2.11. The van der Waals surface area contributed by atoms with Gasteiger partial charge < -0.3 is 10.4 Å². The van der Waals surface area contributed by atoms with Crippen molar-refractivity contribution in [2.24, 2.45) is 0 Å². The monoisotopic (exact) mass is 304 g/mol. The number of carboxylic acids is 1. The van der Waals surface area contributed by atoms with Crippen LogP contribution in [0.15, 0.2) is 73.1 Å². The largest absolute Gasteiger partial charge is 0.478 e. The molecule has 0 amide bonds. The van der Waals surface area contributed by atoms with Crippen LogP contribution in [0.4, 0.5) is 5.69 Å². The van der Waals surface area contributed by atoms with Gasteiger partial charge in [-0.25, -0.2) is 4.79 Å². The molecule has 0 radical (unpaired) electrons. The first-order chi connectivity index (χ1) is 11.2. The summed E-state index contributed by atoms with van der Waals surface area (Å²) in [5.74, 6) is -0.928. The maximum atomic E-state index is 11.5. The van der Waals surface area contributed by atoms with Crippen LogP contribution in [0, 0.1) is 0 Å². The number of nitrogens with zero attached hydrogens (tertiary/aromatic N) is 1. The zero-order chi connectivity index (χ0) is 16.1. The fourth-order valence-electron chi connectivity index (χ4n) is 2.40. The number of aromatic carboxylic acids is 1. The van der Waals surface area contributed by atoms with E-state index < -0.39 is 5.97 Å². The fraction of sp³-hybridized carbons (Fsp3) is 0.0526. The Morgan fingerprint density at radius 1 is 1.04 bits per heavy atom. The molecule has 2 N–H and O–H groups in total. The summed E-state index contributed by atoms with van der Waals surface area (Å²) >= 11 is 0. The fourth-order valence-corrected chi connectivity index (χ4v) is 2.40. The summed E-state index contributed by atoms with van der Waals surface area (Å²) in [6, 6.07) is 18.7. The molecule has 0 aliphatic heterocycles. The van der Waals surface area contributed by atoms with Crippen LogP contribution in [0.25, 0.3) is 11.1 Å². The highest BCUT2D eigenvalue weighted by molar-refractivity contribution is 5.97. The van der Waals surface area contributed by atoms with E-state index in [9.17, 15) is 9.90 Å². The number of carbonyl (C=O) groups is 1. The molecule has 1 heterocycles. The topological polar surface area (TPSA) is 62.2 Å². The van der Waals surface area contributed by atoms with E-state index in [0.717, 1.165) is 16.8 Å². The van der Waals surface area contributed by atoms with E-state index in [0.29, 0.717) is 17.7 Å². The Bertz CT molecular complexity index is 802. The predicted molar refractivity (Wildman–Crippen MR) is 90.4 cm³/mol. The van der Waals surface area contributed by atoms with Crippen LogP contribution in [0.3, 0.4) is 0 Å². The molecule has 0 atom stereocenters. The van der Waals surface area contributed by atoms with E-state index >= 15 is 0 Å². The molecule has 3 aromatic rings. The van der Waals surface area contributed by atoms with Crippen molar-refractivity contribution in [3.05, 3.63) is 84.2 Å².